The van der Waals surface area contributed by atoms with Crippen LogP contribution in [0.3, 0.4) is 0 Å². The number of hydrogen-bond acceptors (Lipinski definition) is 4. The van der Waals surface area contributed by atoms with Crippen LogP contribution >= 0.6 is 11.6 Å². The van der Waals surface area contributed by atoms with Gasteiger partial charge in [-0.3, -0.25) is 0 Å². The van der Waals surface area contributed by atoms with E-state index in [1.807, 2.05) is 0 Å². The van der Waals surface area contributed by atoms with Gasteiger partial charge in [-0.2, -0.15) is 13.2 Å². The van der Waals surface area contributed by atoms with Gasteiger partial charge in [-0.25, -0.2) is 9.78 Å². The van der Waals surface area contributed by atoms with Crippen LogP contribution in [0.1, 0.15) is 12.5 Å². The van der Waals surface area contributed by atoms with E-state index in [9.17, 15) is 18.0 Å². The van der Waals surface area contributed by atoms with Gasteiger partial charge in [0, 0.05) is 6.20 Å². The number of pyridine rings is 1. The number of alkyl halides is 3. The molecule has 0 bridgehead atoms. The van der Waals surface area contributed by atoms with Gasteiger partial charge >= 0.3 is 12.1 Å². The van der Waals surface area contributed by atoms with E-state index in [1.54, 1.807) is 0 Å². The molecule has 1 aromatic rings. The molecular weight excluding hydrogens is 275 g/mol. The molecule has 1 aromatic heterocycles. The third kappa shape index (κ3) is 3.49. The van der Waals surface area contributed by atoms with Gasteiger partial charge in [-0.1, -0.05) is 11.6 Å². The predicted molar refractivity (Wildman–Crippen MR) is 56.4 cm³/mol. The molecule has 0 spiro atoms. The number of esters is 1. The first-order valence-corrected chi connectivity index (χ1v) is 5.10. The third-order valence-corrected chi connectivity index (χ3v) is 2.23. The Labute approximate surface area is 106 Å². The van der Waals surface area contributed by atoms with Crippen molar-refractivity contribution in [3.63, 3.8) is 0 Å². The lowest BCUT2D eigenvalue weighted by atomic mass is 10.3. The van der Waals surface area contributed by atoms with Crippen LogP contribution in [0.4, 0.5) is 13.2 Å². The van der Waals surface area contributed by atoms with Crippen molar-refractivity contribution in [3.8, 4) is 5.88 Å². The zero-order chi connectivity index (χ0) is 13.9. The number of aromatic nitrogens is 1. The number of carbonyl (C=O) groups excluding carboxylic acids is 1. The molecule has 4 nitrogen and oxygen atoms in total. The van der Waals surface area contributed by atoms with Crippen molar-refractivity contribution in [2.24, 2.45) is 0 Å². The fourth-order valence-electron chi connectivity index (χ4n) is 1.05. The minimum absolute atomic E-state index is 0.262. The van der Waals surface area contributed by atoms with Gasteiger partial charge in [-0.15, -0.1) is 0 Å². The quantitative estimate of drug-likeness (QED) is 0.800. The van der Waals surface area contributed by atoms with Gasteiger partial charge in [0.1, 0.15) is 5.02 Å². The van der Waals surface area contributed by atoms with Gasteiger partial charge in [0.2, 0.25) is 5.88 Å². The maximum atomic E-state index is 12.3. The van der Waals surface area contributed by atoms with Crippen LogP contribution in [0.15, 0.2) is 12.3 Å². The fourth-order valence-corrected chi connectivity index (χ4v) is 1.26. The summed E-state index contributed by atoms with van der Waals surface area (Å²) in [6.07, 6.45) is -4.98. The Balaban J connectivity index is 2.90. The minimum Gasteiger partial charge on any atom is -0.466 e. The number of rotatable bonds is 3. The number of nitrogens with zero attached hydrogens (tertiary/aromatic N) is 1. The van der Waals surface area contributed by atoms with Crippen LogP contribution in [-0.4, -0.2) is 24.2 Å². The Bertz CT molecular complexity index is 450. The zero-order valence-corrected chi connectivity index (χ0v) is 10.2. The first kappa shape index (κ1) is 14.6. The molecule has 8 heteroatoms. The van der Waals surface area contributed by atoms with E-state index in [2.05, 4.69) is 9.72 Å². The van der Waals surface area contributed by atoms with Crippen molar-refractivity contribution in [2.75, 3.05) is 7.11 Å². The Kier molecular flexibility index (Phi) is 4.39. The van der Waals surface area contributed by atoms with Crippen molar-refractivity contribution in [3.05, 3.63) is 22.8 Å². The standard InChI is InChI=1S/C10H9ClF3NO3/c1-5(9(16)17-2)18-8-7(11)3-6(4-15-8)10(12,13)14/h3-5H,1-2H3/t5-/m1/s1. The van der Waals surface area contributed by atoms with Gasteiger partial charge in [0.15, 0.2) is 6.10 Å². The summed E-state index contributed by atoms with van der Waals surface area (Å²) in [6.45, 7) is 1.36. The topological polar surface area (TPSA) is 48.4 Å². The zero-order valence-electron chi connectivity index (χ0n) is 9.42. The summed E-state index contributed by atoms with van der Waals surface area (Å²) in [6, 6.07) is 0.674. The molecule has 100 valence electrons. The Morgan fingerprint density at radius 2 is 2.11 bits per heavy atom. The Morgan fingerprint density at radius 3 is 2.56 bits per heavy atom. The maximum absolute atomic E-state index is 12.3. The summed E-state index contributed by atoms with van der Waals surface area (Å²) in [5.41, 5.74) is -0.995. The fraction of sp³-hybridized carbons (Fsp3) is 0.400. The molecule has 0 saturated carbocycles. The molecular formula is C10H9ClF3NO3. The SMILES string of the molecule is COC(=O)[C@@H](C)Oc1ncc(C(F)(F)F)cc1Cl. The highest BCUT2D eigenvalue weighted by atomic mass is 35.5. The molecule has 1 rings (SSSR count). The molecule has 1 atom stereocenters. The second-order valence-corrected chi connectivity index (χ2v) is 3.70. The lowest BCUT2D eigenvalue weighted by molar-refractivity contribution is -0.148. The van der Waals surface area contributed by atoms with Gasteiger partial charge < -0.3 is 9.47 Å². The van der Waals surface area contributed by atoms with E-state index in [0.717, 1.165) is 7.11 Å². The number of hydrogen-bond donors (Lipinski definition) is 0. The molecule has 0 radical (unpaired) electrons. The molecule has 0 saturated heterocycles. The molecule has 0 fully saturated rings. The number of ether oxygens (including phenoxy) is 2. The molecule has 0 aromatic carbocycles. The highest BCUT2D eigenvalue weighted by Crippen LogP contribution is 2.33. The maximum Gasteiger partial charge on any atom is 0.417 e. The lowest BCUT2D eigenvalue weighted by Crippen LogP contribution is -2.25. The first-order valence-electron chi connectivity index (χ1n) is 4.73. The second kappa shape index (κ2) is 5.43. The van der Waals surface area contributed by atoms with E-state index in [4.69, 9.17) is 16.3 Å². The number of carbonyl (C=O) groups is 1. The molecule has 0 aliphatic carbocycles. The second-order valence-electron chi connectivity index (χ2n) is 3.29. The van der Waals surface area contributed by atoms with Gasteiger partial charge in [0.05, 0.1) is 12.7 Å². The summed E-state index contributed by atoms with van der Waals surface area (Å²) in [7, 11) is 1.16. The van der Waals surface area contributed by atoms with E-state index >= 15 is 0 Å². The first-order chi connectivity index (χ1) is 8.25. The predicted octanol–water partition coefficient (Wildman–Crippen LogP) is 2.69. The molecule has 0 N–H and O–H groups in total. The normalized spacial score (nSPS) is 13.0. The van der Waals surface area contributed by atoms with Crippen LogP contribution in [0.2, 0.25) is 5.02 Å². The largest absolute Gasteiger partial charge is 0.466 e. The van der Waals surface area contributed by atoms with Crippen LogP contribution in [-0.2, 0) is 15.7 Å². The third-order valence-electron chi connectivity index (χ3n) is 1.96. The van der Waals surface area contributed by atoms with Crippen LogP contribution in [0.25, 0.3) is 0 Å². The summed E-state index contributed by atoms with van der Waals surface area (Å²) in [4.78, 5) is 14.5. The van der Waals surface area contributed by atoms with E-state index in [-0.39, 0.29) is 10.9 Å². The smallest absolute Gasteiger partial charge is 0.417 e. The van der Waals surface area contributed by atoms with Crippen molar-refractivity contribution in [1.82, 2.24) is 4.98 Å². The van der Waals surface area contributed by atoms with E-state index in [1.165, 1.54) is 6.92 Å². The van der Waals surface area contributed by atoms with Crippen LogP contribution in [0.5, 0.6) is 5.88 Å². The summed E-state index contributed by atoms with van der Waals surface area (Å²) >= 11 is 5.59. The van der Waals surface area contributed by atoms with E-state index < -0.39 is 23.8 Å². The van der Waals surface area contributed by atoms with Crippen molar-refractivity contribution >= 4 is 17.6 Å². The van der Waals surface area contributed by atoms with Crippen LogP contribution < -0.4 is 4.74 Å². The summed E-state index contributed by atoms with van der Waals surface area (Å²) in [5, 5.41) is -0.333. The number of halogens is 4. The van der Waals surface area contributed by atoms with Crippen LogP contribution in [0, 0.1) is 0 Å². The monoisotopic (exact) mass is 283 g/mol. The summed E-state index contributed by atoms with van der Waals surface area (Å²) in [5.74, 6) is -0.949. The van der Waals surface area contributed by atoms with E-state index in [0.29, 0.717) is 12.3 Å². The minimum atomic E-state index is -4.54. The number of methoxy groups -OCH3 is 1. The van der Waals surface area contributed by atoms with Crippen molar-refractivity contribution in [2.45, 2.75) is 19.2 Å². The lowest BCUT2D eigenvalue weighted by Gasteiger charge is -2.13. The average Bonchev–Trinajstić information content (AvgIpc) is 2.29. The molecule has 18 heavy (non-hydrogen) atoms. The van der Waals surface area contributed by atoms with Gasteiger partial charge in [0.25, 0.3) is 0 Å². The Morgan fingerprint density at radius 1 is 1.50 bits per heavy atom. The molecule has 0 amide bonds. The van der Waals surface area contributed by atoms with Crippen molar-refractivity contribution < 1.29 is 27.4 Å². The Hall–Kier alpha value is -1.50. The van der Waals surface area contributed by atoms with Gasteiger partial charge in [-0.05, 0) is 13.0 Å². The van der Waals surface area contributed by atoms with Crippen molar-refractivity contribution in [1.29, 1.82) is 0 Å². The highest BCUT2D eigenvalue weighted by Gasteiger charge is 2.32. The molecule has 1 heterocycles. The molecule has 0 aliphatic rings. The average molecular weight is 284 g/mol. The summed E-state index contributed by atoms with van der Waals surface area (Å²) < 4.78 is 46.4. The molecule has 0 aliphatic heterocycles. The molecule has 0 unspecified atom stereocenters. The highest BCUT2D eigenvalue weighted by molar-refractivity contribution is 6.31.